The van der Waals surface area contributed by atoms with Gasteiger partial charge >= 0.3 is 14.3 Å². The molecule has 2 aromatic rings. The quantitative estimate of drug-likeness (QED) is 0.241. The van der Waals surface area contributed by atoms with Crippen LogP contribution in [-0.2, 0) is 18.7 Å². The summed E-state index contributed by atoms with van der Waals surface area (Å²) in [5.74, 6) is 2.97. The van der Waals surface area contributed by atoms with Gasteiger partial charge in [-0.3, -0.25) is 4.79 Å². The van der Waals surface area contributed by atoms with Crippen LogP contribution in [0, 0.1) is 16.9 Å². The van der Waals surface area contributed by atoms with Crippen molar-refractivity contribution in [3.8, 4) is 11.5 Å². The molecule has 1 atom stereocenters. The molecule has 0 N–H and O–H groups in total. The van der Waals surface area contributed by atoms with E-state index in [9.17, 15) is 4.79 Å². The van der Waals surface area contributed by atoms with Gasteiger partial charge in [0.25, 0.3) is 0 Å². The average molecular weight is 465 g/mol. The molecule has 33 heavy (non-hydrogen) atoms. The smallest absolute Gasteiger partial charge is 0.337 e. The molecular formula is C28H36O4Si. The second-order valence-corrected chi connectivity index (χ2v) is 12.0. The Bertz CT molecular complexity index is 926. The minimum Gasteiger partial charge on any atom is -0.461 e. The van der Waals surface area contributed by atoms with Gasteiger partial charge in [-0.05, 0) is 56.1 Å². The van der Waals surface area contributed by atoms with Crippen molar-refractivity contribution >= 4 is 24.7 Å². The molecule has 0 fully saturated rings. The maximum atomic E-state index is 12.1. The zero-order valence-electron chi connectivity index (χ0n) is 20.7. The summed E-state index contributed by atoms with van der Waals surface area (Å²) in [4.78, 5) is 12.1. The molecule has 0 spiro atoms. The van der Waals surface area contributed by atoms with E-state index in [1.54, 1.807) is 7.11 Å². The number of carbonyl (C=O) groups is 1. The van der Waals surface area contributed by atoms with Crippen molar-refractivity contribution in [2.75, 3.05) is 20.3 Å². The lowest BCUT2D eigenvalue weighted by molar-refractivity contribution is -0.151. The van der Waals surface area contributed by atoms with Gasteiger partial charge in [-0.2, -0.15) is 0 Å². The van der Waals surface area contributed by atoms with Crippen LogP contribution in [0.1, 0.15) is 41.0 Å². The maximum Gasteiger partial charge on any atom is 0.337 e. The predicted molar refractivity (Wildman–Crippen MR) is 137 cm³/mol. The van der Waals surface area contributed by atoms with Crippen LogP contribution in [0.4, 0.5) is 0 Å². The molecule has 2 aromatic carbocycles. The molecule has 0 aliphatic heterocycles. The highest BCUT2D eigenvalue weighted by atomic mass is 28.4. The Labute approximate surface area is 200 Å². The van der Waals surface area contributed by atoms with Crippen molar-refractivity contribution in [1.82, 2.24) is 0 Å². The Morgan fingerprint density at radius 1 is 1.03 bits per heavy atom. The van der Waals surface area contributed by atoms with Crippen LogP contribution in [0.3, 0.4) is 0 Å². The van der Waals surface area contributed by atoms with Gasteiger partial charge in [0, 0.05) is 7.11 Å². The third-order valence-corrected chi connectivity index (χ3v) is 8.73. The maximum absolute atomic E-state index is 12.1. The first-order valence-electron chi connectivity index (χ1n) is 11.4. The molecule has 0 aromatic heterocycles. The molecule has 0 saturated heterocycles. The summed E-state index contributed by atoms with van der Waals surface area (Å²) < 4.78 is 17.7. The van der Waals surface area contributed by atoms with Gasteiger partial charge in [-0.25, -0.2) is 0 Å². The molecular weight excluding hydrogens is 428 g/mol. The lowest BCUT2D eigenvalue weighted by Gasteiger charge is -2.32. The van der Waals surface area contributed by atoms with Crippen molar-refractivity contribution in [3.05, 3.63) is 72.3 Å². The van der Waals surface area contributed by atoms with Crippen LogP contribution < -0.4 is 10.4 Å². The fourth-order valence-corrected chi connectivity index (χ4v) is 6.74. The topological polar surface area (TPSA) is 44.8 Å². The summed E-state index contributed by atoms with van der Waals surface area (Å²) in [6.07, 6.45) is 2.55. The molecule has 2 rings (SSSR count). The van der Waals surface area contributed by atoms with E-state index in [1.165, 1.54) is 0 Å². The number of ether oxygens (including phenoxy) is 2. The SMILES string of the molecule is CCC(O[Si](C#CCOC)(c1ccccc1)c1ccccc1)/C(C)=C\COC(=O)C(C)(C)C. The summed E-state index contributed by atoms with van der Waals surface area (Å²) in [6.45, 7) is 10.2. The number of carbonyl (C=O) groups excluding carboxylic acids is 1. The van der Waals surface area contributed by atoms with Gasteiger partial charge in [0.05, 0.1) is 11.5 Å². The Balaban J connectivity index is 2.45. The van der Waals surface area contributed by atoms with Crippen molar-refractivity contribution < 1.29 is 18.7 Å². The molecule has 176 valence electrons. The van der Waals surface area contributed by atoms with Crippen LogP contribution in [0.5, 0.6) is 0 Å². The lowest BCUT2D eigenvalue weighted by atomic mass is 9.97. The zero-order chi connectivity index (χ0) is 24.3. The monoisotopic (exact) mass is 464 g/mol. The van der Waals surface area contributed by atoms with Gasteiger partial charge in [0.2, 0.25) is 0 Å². The second kappa shape index (κ2) is 12.6. The Morgan fingerprint density at radius 3 is 2.03 bits per heavy atom. The number of rotatable bonds is 9. The Hall–Kier alpha value is -2.65. The molecule has 1 unspecified atom stereocenters. The Morgan fingerprint density at radius 2 is 1.58 bits per heavy atom. The fraction of sp³-hybridized carbons (Fsp3) is 0.393. The van der Waals surface area contributed by atoms with E-state index in [2.05, 4.69) is 42.7 Å². The predicted octanol–water partition coefficient (Wildman–Crippen LogP) is 4.27. The molecule has 0 saturated carbocycles. The normalized spacial score (nSPS) is 13.1. The summed E-state index contributed by atoms with van der Waals surface area (Å²) in [5, 5.41) is 2.18. The van der Waals surface area contributed by atoms with E-state index < -0.39 is 13.7 Å². The van der Waals surface area contributed by atoms with Crippen molar-refractivity contribution in [2.24, 2.45) is 5.41 Å². The largest absolute Gasteiger partial charge is 0.461 e. The van der Waals surface area contributed by atoms with E-state index in [4.69, 9.17) is 13.9 Å². The van der Waals surface area contributed by atoms with Gasteiger partial charge in [-0.15, -0.1) is 0 Å². The summed E-state index contributed by atoms with van der Waals surface area (Å²) in [6, 6.07) is 20.5. The number of hydrogen-bond donors (Lipinski definition) is 0. The highest BCUT2D eigenvalue weighted by Gasteiger charge is 2.41. The highest BCUT2D eigenvalue weighted by Crippen LogP contribution is 2.19. The second-order valence-electron chi connectivity index (χ2n) is 8.96. The van der Waals surface area contributed by atoms with E-state index >= 15 is 0 Å². The van der Waals surface area contributed by atoms with Gasteiger partial charge in [0.1, 0.15) is 13.2 Å². The highest BCUT2D eigenvalue weighted by molar-refractivity contribution is 7.03. The van der Waals surface area contributed by atoms with E-state index in [0.29, 0.717) is 6.61 Å². The fourth-order valence-electron chi connectivity index (χ4n) is 3.36. The molecule has 0 heterocycles. The van der Waals surface area contributed by atoms with Crippen LogP contribution in [0.2, 0.25) is 0 Å². The number of methoxy groups -OCH3 is 1. The average Bonchev–Trinajstić information content (AvgIpc) is 2.82. The third-order valence-electron chi connectivity index (χ3n) is 5.27. The molecule has 5 heteroatoms. The van der Waals surface area contributed by atoms with Crippen LogP contribution in [0.25, 0.3) is 0 Å². The molecule has 0 amide bonds. The minimum absolute atomic E-state index is 0.165. The first kappa shape index (κ1) is 26.6. The molecule has 0 aliphatic carbocycles. The van der Waals surface area contributed by atoms with E-state index in [1.807, 2.05) is 70.2 Å². The molecule has 0 radical (unpaired) electrons. The van der Waals surface area contributed by atoms with Gasteiger partial charge in [-0.1, -0.05) is 79.1 Å². The summed E-state index contributed by atoms with van der Waals surface area (Å²) in [5.41, 5.74) is 4.01. The molecule has 0 bridgehead atoms. The van der Waals surface area contributed by atoms with E-state index in [0.717, 1.165) is 22.4 Å². The van der Waals surface area contributed by atoms with Crippen molar-refractivity contribution in [1.29, 1.82) is 0 Å². The van der Waals surface area contributed by atoms with Gasteiger partial charge in [0.15, 0.2) is 0 Å². The number of esters is 1. The lowest BCUT2D eigenvalue weighted by Crippen LogP contribution is -2.62. The van der Waals surface area contributed by atoms with Crippen LogP contribution in [-0.4, -0.2) is 40.7 Å². The van der Waals surface area contributed by atoms with Crippen LogP contribution >= 0.6 is 0 Å². The minimum atomic E-state index is -2.91. The van der Waals surface area contributed by atoms with Crippen molar-refractivity contribution in [3.63, 3.8) is 0 Å². The first-order valence-corrected chi connectivity index (χ1v) is 13.3. The van der Waals surface area contributed by atoms with E-state index in [-0.39, 0.29) is 18.7 Å². The third kappa shape index (κ3) is 7.43. The first-order chi connectivity index (χ1) is 15.7. The van der Waals surface area contributed by atoms with Crippen LogP contribution in [0.15, 0.2) is 72.3 Å². The standard InChI is InChI=1S/C28H36O4Si/c1-7-26(23(2)19-21-31-27(29)28(3,4)5)32-33(22-14-20-30-6,24-15-10-8-11-16-24)25-17-12-9-13-18-25/h8-13,15-19,26H,7,20-21H2,1-6H3/b23-19-. The Kier molecular flexibility index (Phi) is 10.1. The van der Waals surface area contributed by atoms with Crippen molar-refractivity contribution in [2.45, 2.75) is 47.1 Å². The summed E-state index contributed by atoms with van der Waals surface area (Å²) >= 11 is 0. The number of hydrogen-bond acceptors (Lipinski definition) is 4. The summed E-state index contributed by atoms with van der Waals surface area (Å²) in [7, 11) is -1.27. The van der Waals surface area contributed by atoms with Gasteiger partial charge < -0.3 is 13.9 Å². The molecule has 0 aliphatic rings. The number of benzene rings is 2. The zero-order valence-corrected chi connectivity index (χ0v) is 21.7. The molecule has 4 nitrogen and oxygen atoms in total.